The number of benzene rings is 2. The van der Waals surface area contributed by atoms with E-state index in [0.717, 1.165) is 16.7 Å². The van der Waals surface area contributed by atoms with E-state index < -0.39 is 27.8 Å². The lowest BCUT2D eigenvalue weighted by molar-refractivity contribution is -0.122. The number of amides is 2. The standard InChI is InChI=1S/C24H21ClN4O5S2/c1-14(12-27-23(32)16-3-6-18(7-4-16)29-10-9-26-13-21(29)30)22(31)28-36(33,34)24-15(2)19-8-5-17(25)11-20(19)35-24/h3-11,13-14H,12H2,1-2H3,(H,27,32)(H,28,31). The first kappa shape index (κ1) is 25.5. The Hall–Kier alpha value is -3.54. The second-order valence-electron chi connectivity index (χ2n) is 8.07. The molecular formula is C24H21ClN4O5S2. The van der Waals surface area contributed by atoms with Crippen LogP contribution in [0.3, 0.4) is 0 Å². The molecule has 36 heavy (non-hydrogen) atoms. The van der Waals surface area contributed by atoms with Gasteiger partial charge in [0, 0.05) is 39.9 Å². The van der Waals surface area contributed by atoms with Crippen LogP contribution in [0.15, 0.2) is 70.1 Å². The van der Waals surface area contributed by atoms with Gasteiger partial charge in [0.05, 0.1) is 12.1 Å². The van der Waals surface area contributed by atoms with E-state index in [0.29, 0.717) is 26.5 Å². The molecule has 9 nitrogen and oxygen atoms in total. The largest absolute Gasteiger partial charge is 0.351 e. The predicted octanol–water partition coefficient (Wildman–Crippen LogP) is 3.28. The van der Waals surface area contributed by atoms with Crippen molar-refractivity contribution in [2.75, 3.05) is 6.54 Å². The second kappa shape index (κ2) is 10.2. The number of rotatable bonds is 7. The number of fused-ring (bicyclic) bond motifs is 1. The van der Waals surface area contributed by atoms with Crippen molar-refractivity contribution < 1.29 is 18.0 Å². The SMILES string of the molecule is Cc1c(S(=O)(=O)NC(=O)C(C)CNC(=O)c2ccc(-n3ccncc3=O)cc2)sc2cc(Cl)ccc12. The third-order valence-electron chi connectivity index (χ3n) is 5.48. The fourth-order valence-corrected chi connectivity index (χ4v) is 6.61. The van der Waals surface area contributed by atoms with Crippen LogP contribution in [0.4, 0.5) is 0 Å². The summed E-state index contributed by atoms with van der Waals surface area (Å²) in [4.78, 5) is 40.8. The number of hydrogen-bond donors (Lipinski definition) is 2. The molecule has 0 saturated heterocycles. The molecule has 0 radical (unpaired) electrons. The van der Waals surface area contributed by atoms with Crippen molar-refractivity contribution >= 4 is 54.9 Å². The summed E-state index contributed by atoms with van der Waals surface area (Å²) in [5.41, 5.74) is 1.11. The Morgan fingerprint density at radius 1 is 1.17 bits per heavy atom. The Bertz CT molecular complexity index is 1630. The third-order valence-corrected chi connectivity index (χ3v) is 8.94. The fourth-order valence-electron chi connectivity index (χ4n) is 3.49. The van der Waals surface area contributed by atoms with E-state index in [1.54, 1.807) is 49.4 Å². The van der Waals surface area contributed by atoms with Crippen molar-refractivity contribution in [3.8, 4) is 5.69 Å². The van der Waals surface area contributed by atoms with Gasteiger partial charge in [0.2, 0.25) is 5.91 Å². The molecule has 4 rings (SSSR count). The van der Waals surface area contributed by atoms with Gasteiger partial charge in [0.1, 0.15) is 4.21 Å². The van der Waals surface area contributed by atoms with E-state index in [-0.39, 0.29) is 16.3 Å². The topological polar surface area (TPSA) is 127 Å². The first-order chi connectivity index (χ1) is 17.1. The summed E-state index contributed by atoms with van der Waals surface area (Å²) in [6, 6.07) is 11.4. The van der Waals surface area contributed by atoms with Gasteiger partial charge in [-0.3, -0.25) is 23.9 Å². The summed E-state index contributed by atoms with van der Waals surface area (Å²) >= 11 is 7.04. The number of carbonyl (C=O) groups excluding carboxylic acids is 2. The molecule has 0 aliphatic rings. The molecule has 0 aliphatic heterocycles. The van der Waals surface area contributed by atoms with Gasteiger partial charge in [-0.1, -0.05) is 24.6 Å². The van der Waals surface area contributed by atoms with Crippen LogP contribution in [-0.2, 0) is 14.8 Å². The lowest BCUT2D eigenvalue weighted by atomic mass is 10.1. The molecule has 12 heteroatoms. The number of nitrogens with one attached hydrogen (secondary N) is 2. The number of sulfonamides is 1. The molecule has 0 fully saturated rings. The zero-order valence-electron chi connectivity index (χ0n) is 19.2. The van der Waals surface area contributed by atoms with E-state index >= 15 is 0 Å². The molecule has 2 amide bonds. The first-order valence-corrected chi connectivity index (χ1v) is 13.4. The summed E-state index contributed by atoms with van der Waals surface area (Å²) in [6.45, 7) is 3.11. The lowest BCUT2D eigenvalue weighted by Gasteiger charge is -2.13. The number of nitrogens with zero attached hydrogens (tertiary/aromatic N) is 2. The van der Waals surface area contributed by atoms with Crippen molar-refractivity contribution in [3.63, 3.8) is 0 Å². The van der Waals surface area contributed by atoms with Gasteiger partial charge in [0.15, 0.2) is 0 Å². The highest BCUT2D eigenvalue weighted by Crippen LogP contribution is 2.35. The zero-order valence-corrected chi connectivity index (χ0v) is 21.6. The minimum absolute atomic E-state index is 0.0396. The molecule has 1 unspecified atom stereocenters. The third kappa shape index (κ3) is 5.32. The first-order valence-electron chi connectivity index (χ1n) is 10.7. The van der Waals surface area contributed by atoms with Gasteiger partial charge in [-0.15, -0.1) is 11.3 Å². The highest BCUT2D eigenvalue weighted by molar-refractivity contribution is 7.92. The molecule has 186 valence electrons. The molecule has 0 spiro atoms. The van der Waals surface area contributed by atoms with Crippen molar-refractivity contribution in [2.24, 2.45) is 5.92 Å². The number of thiophene rings is 1. The maximum Gasteiger partial charge on any atom is 0.273 e. The van der Waals surface area contributed by atoms with E-state index in [1.807, 2.05) is 0 Å². The van der Waals surface area contributed by atoms with Crippen LogP contribution in [0.5, 0.6) is 0 Å². The van der Waals surface area contributed by atoms with Crippen LogP contribution in [0.1, 0.15) is 22.8 Å². The monoisotopic (exact) mass is 544 g/mol. The van der Waals surface area contributed by atoms with Gasteiger partial charge in [-0.2, -0.15) is 0 Å². The number of aromatic nitrogens is 2. The van der Waals surface area contributed by atoms with Gasteiger partial charge in [-0.25, -0.2) is 13.1 Å². The van der Waals surface area contributed by atoms with E-state index in [1.165, 1.54) is 30.1 Å². The van der Waals surface area contributed by atoms with Crippen LogP contribution in [-0.4, -0.2) is 36.3 Å². The summed E-state index contributed by atoms with van der Waals surface area (Å²) in [5.74, 6) is -2.00. The Balaban J connectivity index is 1.39. The number of halogens is 1. The van der Waals surface area contributed by atoms with Crippen LogP contribution >= 0.6 is 22.9 Å². The van der Waals surface area contributed by atoms with E-state index in [4.69, 9.17) is 11.6 Å². The van der Waals surface area contributed by atoms with Gasteiger partial charge < -0.3 is 5.32 Å². The minimum Gasteiger partial charge on any atom is -0.351 e. The summed E-state index contributed by atoms with van der Waals surface area (Å²) in [5, 5.41) is 3.87. The molecule has 2 N–H and O–H groups in total. The maximum absolute atomic E-state index is 12.9. The normalized spacial score (nSPS) is 12.3. The number of hydrogen-bond acceptors (Lipinski definition) is 7. The average molecular weight is 545 g/mol. The molecule has 4 aromatic rings. The van der Waals surface area contributed by atoms with Crippen LogP contribution < -0.4 is 15.6 Å². The van der Waals surface area contributed by atoms with Crippen molar-refractivity contribution in [1.82, 2.24) is 19.6 Å². The molecule has 2 aromatic heterocycles. The summed E-state index contributed by atoms with van der Waals surface area (Å²) < 4.78 is 30.0. The Morgan fingerprint density at radius 2 is 1.89 bits per heavy atom. The van der Waals surface area contributed by atoms with Gasteiger partial charge >= 0.3 is 0 Å². The summed E-state index contributed by atoms with van der Waals surface area (Å²) in [7, 11) is -4.10. The molecular weight excluding hydrogens is 524 g/mol. The predicted molar refractivity (Wildman–Crippen MR) is 138 cm³/mol. The molecule has 2 heterocycles. The van der Waals surface area contributed by atoms with E-state index in [9.17, 15) is 22.8 Å². The molecule has 1 atom stereocenters. The molecule has 0 saturated carbocycles. The quantitative estimate of drug-likeness (QED) is 0.367. The molecule has 2 aromatic carbocycles. The Labute approximate surface area is 215 Å². The van der Waals surface area contributed by atoms with Gasteiger partial charge in [0.25, 0.3) is 21.5 Å². The fraction of sp³-hybridized carbons (Fsp3) is 0.167. The highest BCUT2D eigenvalue weighted by Gasteiger charge is 2.26. The van der Waals surface area contributed by atoms with Crippen LogP contribution in [0.25, 0.3) is 15.8 Å². The van der Waals surface area contributed by atoms with Crippen molar-refractivity contribution in [3.05, 3.63) is 87.6 Å². The average Bonchev–Trinajstić information content (AvgIpc) is 3.18. The van der Waals surface area contributed by atoms with Crippen LogP contribution in [0.2, 0.25) is 5.02 Å². The zero-order chi connectivity index (χ0) is 26.0. The number of aryl methyl sites for hydroxylation is 1. The maximum atomic E-state index is 12.9. The smallest absolute Gasteiger partial charge is 0.273 e. The van der Waals surface area contributed by atoms with Gasteiger partial charge in [-0.05, 0) is 54.3 Å². The van der Waals surface area contributed by atoms with Crippen molar-refractivity contribution in [2.45, 2.75) is 18.1 Å². The number of carbonyl (C=O) groups is 2. The van der Waals surface area contributed by atoms with Crippen molar-refractivity contribution in [1.29, 1.82) is 0 Å². The Kier molecular flexibility index (Phi) is 7.25. The van der Waals surface area contributed by atoms with E-state index in [2.05, 4.69) is 15.0 Å². The molecule has 0 aliphatic carbocycles. The van der Waals surface area contributed by atoms with Crippen LogP contribution in [0, 0.1) is 12.8 Å². The Morgan fingerprint density at radius 3 is 2.58 bits per heavy atom. The second-order valence-corrected chi connectivity index (χ2v) is 11.4. The minimum atomic E-state index is -4.10. The molecule has 0 bridgehead atoms. The lowest BCUT2D eigenvalue weighted by Crippen LogP contribution is -2.40. The summed E-state index contributed by atoms with van der Waals surface area (Å²) in [6.07, 6.45) is 4.18. The highest BCUT2D eigenvalue weighted by atomic mass is 35.5.